The van der Waals surface area contributed by atoms with Gasteiger partial charge in [0.1, 0.15) is 5.69 Å². The Hall–Kier alpha value is -1.90. The summed E-state index contributed by atoms with van der Waals surface area (Å²) in [6, 6.07) is 10.3. The Morgan fingerprint density at radius 1 is 1.26 bits per heavy atom. The number of imide groups is 1. The molecule has 0 fully saturated rings. The van der Waals surface area contributed by atoms with Crippen molar-refractivity contribution in [2.24, 2.45) is 0 Å². The number of nitrogens with one attached hydrogen (secondary N) is 2. The third-order valence-corrected chi connectivity index (χ3v) is 2.88. The fourth-order valence-electron chi connectivity index (χ4n) is 1.38. The molecule has 7 heteroatoms. The first-order valence-corrected chi connectivity index (χ1v) is 6.90. The molecule has 1 aromatic carbocycles. The van der Waals surface area contributed by atoms with Crippen molar-refractivity contribution >= 4 is 40.4 Å². The molecule has 0 spiro atoms. The predicted octanol–water partition coefficient (Wildman–Crippen LogP) is 2.42. The second-order valence-corrected chi connectivity index (χ2v) is 4.34. The average Bonchev–Trinajstić information content (AvgIpc) is 2.88. The van der Waals surface area contributed by atoms with E-state index in [4.69, 9.17) is 4.52 Å². The molecule has 3 amide bonds. The van der Waals surface area contributed by atoms with E-state index in [1.54, 1.807) is 6.07 Å². The van der Waals surface area contributed by atoms with Gasteiger partial charge in [-0.1, -0.05) is 58.1 Å². The van der Waals surface area contributed by atoms with Crippen LogP contribution in [0.5, 0.6) is 0 Å². The first-order valence-electron chi connectivity index (χ1n) is 5.38. The van der Waals surface area contributed by atoms with Crippen LogP contribution in [0.2, 0.25) is 0 Å². The van der Waals surface area contributed by atoms with Crippen molar-refractivity contribution < 1.29 is 14.1 Å². The monoisotopic (exact) mass is 371 g/mol. The van der Waals surface area contributed by atoms with Gasteiger partial charge in [-0.25, -0.2) is 4.79 Å². The molecule has 98 valence electrons. The summed E-state index contributed by atoms with van der Waals surface area (Å²) in [6.07, 6.45) is 0. The lowest BCUT2D eigenvalue weighted by Gasteiger charge is -2.00. The zero-order chi connectivity index (χ0) is 13.7. The highest BCUT2D eigenvalue weighted by Gasteiger charge is 2.11. The van der Waals surface area contributed by atoms with E-state index in [1.165, 1.54) is 0 Å². The minimum atomic E-state index is -0.641. The fraction of sp³-hybridized carbons (Fsp3) is 0.0833. The summed E-state index contributed by atoms with van der Waals surface area (Å²) in [5, 5.41) is 8.37. The third-order valence-electron chi connectivity index (χ3n) is 2.19. The molecule has 6 nitrogen and oxygen atoms in total. The Labute approximate surface area is 122 Å². The van der Waals surface area contributed by atoms with Crippen molar-refractivity contribution in [3.05, 3.63) is 36.4 Å². The van der Waals surface area contributed by atoms with Crippen molar-refractivity contribution in [3.63, 3.8) is 0 Å². The molecule has 19 heavy (non-hydrogen) atoms. The molecular formula is C12H10IN3O3. The molecule has 0 saturated heterocycles. The van der Waals surface area contributed by atoms with E-state index in [1.807, 2.05) is 52.9 Å². The summed E-state index contributed by atoms with van der Waals surface area (Å²) in [5.74, 6) is -0.196. The number of hydrogen-bond donors (Lipinski definition) is 2. The van der Waals surface area contributed by atoms with Crippen LogP contribution >= 0.6 is 22.6 Å². The highest BCUT2D eigenvalue weighted by Crippen LogP contribution is 2.20. The summed E-state index contributed by atoms with van der Waals surface area (Å²) in [5.41, 5.74) is 1.49. The van der Waals surface area contributed by atoms with E-state index in [0.717, 1.165) is 5.56 Å². The molecule has 0 aliphatic heterocycles. The largest absolute Gasteiger partial charge is 0.338 e. The second-order valence-electron chi connectivity index (χ2n) is 3.58. The Morgan fingerprint density at radius 2 is 2.00 bits per heavy atom. The normalized spacial score (nSPS) is 9.95. The molecule has 1 heterocycles. The minimum Gasteiger partial charge on any atom is -0.338 e. The maximum Gasteiger partial charge on any atom is 0.328 e. The lowest BCUT2D eigenvalue weighted by atomic mass is 10.2. The highest BCUT2D eigenvalue weighted by atomic mass is 127. The Bertz CT molecular complexity index is 583. The number of urea groups is 1. The van der Waals surface area contributed by atoms with Gasteiger partial charge in [0.2, 0.25) is 11.8 Å². The van der Waals surface area contributed by atoms with Crippen molar-refractivity contribution in [2.75, 3.05) is 9.74 Å². The maximum absolute atomic E-state index is 11.4. The molecule has 2 N–H and O–H groups in total. The van der Waals surface area contributed by atoms with Crippen molar-refractivity contribution in [2.45, 2.75) is 0 Å². The van der Waals surface area contributed by atoms with Crippen molar-refractivity contribution in [1.29, 1.82) is 0 Å². The first kappa shape index (κ1) is 13.5. The number of nitrogens with zero attached hydrogens (tertiary/aromatic N) is 1. The smallest absolute Gasteiger partial charge is 0.328 e. The van der Waals surface area contributed by atoms with Crippen LogP contribution in [0.1, 0.15) is 0 Å². The van der Waals surface area contributed by atoms with E-state index in [-0.39, 0.29) is 16.2 Å². The molecule has 0 atom stereocenters. The number of hydrogen-bond acceptors (Lipinski definition) is 4. The van der Waals surface area contributed by atoms with Gasteiger partial charge < -0.3 is 4.52 Å². The van der Waals surface area contributed by atoms with Gasteiger partial charge in [-0.3, -0.25) is 15.4 Å². The van der Waals surface area contributed by atoms with Crippen molar-refractivity contribution in [1.82, 2.24) is 10.5 Å². The van der Waals surface area contributed by atoms with E-state index in [9.17, 15) is 9.59 Å². The van der Waals surface area contributed by atoms with Crippen LogP contribution in [-0.2, 0) is 4.79 Å². The molecule has 0 bridgehead atoms. The quantitative estimate of drug-likeness (QED) is 0.641. The summed E-state index contributed by atoms with van der Waals surface area (Å²) in [6.45, 7) is 0. The fourth-order valence-corrected chi connectivity index (χ4v) is 1.57. The molecule has 0 radical (unpaired) electrons. The highest BCUT2D eigenvalue weighted by molar-refractivity contribution is 14.1. The van der Waals surface area contributed by atoms with Gasteiger partial charge in [-0.05, 0) is 0 Å². The number of carbonyl (C=O) groups is 2. The number of alkyl halides is 1. The third kappa shape index (κ3) is 3.78. The SMILES string of the molecule is O=C(CI)NC(=O)Nc1cc(-c2ccccc2)no1. The van der Waals surface area contributed by atoms with E-state index in [0.29, 0.717) is 5.69 Å². The first-order chi connectivity index (χ1) is 9.19. The van der Waals surface area contributed by atoms with Crippen LogP contribution in [0, 0.1) is 0 Å². The molecule has 1 aromatic heterocycles. The van der Waals surface area contributed by atoms with E-state index < -0.39 is 6.03 Å². The van der Waals surface area contributed by atoms with Crippen LogP contribution in [0.3, 0.4) is 0 Å². The number of aromatic nitrogens is 1. The van der Waals surface area contributed by atoms with Crippen LogP contribution < -0.4 is 10.6 Å². The van der Waals surface area contributed by atoms with Gasteiger partial charge in [-0.15, -0.1) is 0 Å². The maximum atomic E-state index is 11.4. The standard InChI is InChI=1S/C12H10IN3O3/c13-7-10(17)14-12(18)15-11-6-9(16-19-11)8-4-2-1-3-5-8/h1-6H,7H2,(H2,14,15,17,18). The summed E-state index contributed by atoms with van der Waals surface area (Å²) < 4.78 is 5.18. The van der Waals surface area contributed by atoms with Gasteiger partial charge in [0.15, 0.2) is 0 Å². The van der Waals surface area contributed by atoms with Crippen LogP contribution in [0.15, 0.2) is 40.9 Å². The molecule has 0 saturated carbocycles. The lowest BCUT2D eigenvalue weighted by molar-refractivity contribution is -0.117. The van der Waals surface area contributed by atoms with Gasteiger partial charge in [0.05, 0.1) is 4.43 Å². The Balaban J connectivity index is 2.02. The molecule has 0 unspecified atom stereocenters. The summed E-state index contributed by atoms with van der Waals surface area (Å²) in [7, 11) is 0. The van der Waals surface area contributed by atoms with E-state index in [2.05, 4.69) is 15.8 Å². The number of benzene rings is 1. The number of halogens is 1. The second kappa shape index (κ2) is 6.32. The molecule has 0 aliphatic rings. The number of carbonyl (C=O) groups excluding carboxylic acids is 2. The topological polar surface area (TPSA) is 84.2 Å². The Morgan fingerprint density at radius 3 is 2.68 bits per heavy atom. The lowest BCUT2D eigenvalue weighted by Crippen LogP contribution is -2.34. The molecule has 2 rings (SSSR count). The molecular weight excluding hydrogens is 361 g/mol. The van der Waals surface area contributed by atoms with Gasteiger partial charge in [0, 0.05) is 11.6 Å². The number of rotatable bonds is 3. The van der Waals surface area contributed by atoms with Gasteiger partial charge in [-0.2, -0.15) is 0 Å². The predicted molar refractivity (Wildman–Crippen MR) is 78.0 cm³/mol. The number of amides is 3. The van der Waals surface area contributed by atoms with Gasteiger partial charge >= 0.3 is 6.03 Å². The zero-order valence-electron chi connectivity index (χ0n) is 9.72. The van der Waals surface area contributed by atoms with Crippen molar-refractivity contribution in [3.8, 4) is 11.3 Å². The average molecular weight is 371 g/mol. The van der Waals surface area contributed by atoms with Crippen LogP contribution in [-0.4, -0.2) is 21.5 Å². The van der Waals surface area contributed by atoms with Crippen LogP contribution in [0.25, 0.3) is 11.3 Å². The van der Waals surface area contributed by atoms with E-state index >= 15 is 0 Å². The summed E-state index contributed by atoms with van der Waals surface area (Å²) >= 11 is 1.86. The van der Waals surface area contributed by atoms with Gasteiger partial charge in [0.25, 0.3) is 0 Å². The number of anilines is 1. The zero-order valence-corrected chi connectivity index (χ0v) is 11.9. The van der Waals surface area contributed by atoms with Crippen LogP contribution in [0.4, 0.5) is 10.7 Å². The summed E-state index contributed by atoms with van der Waals surface area (Å²) in [4.78, 5) is 22.4. The molecule has 2 aromatic rings. The Kier molecular flexibility index (Phi) is 4.50. The minimum absolute atomic E-state index is 0.178. The molecule has 0 aliphatic carbocycles.